The van der Waals surface area contributed by atoms with E-state index < -0.39 is 0 Å². The van der Waals surface area contributed by atoms with Crippen molar-refractivity contribution < 1.29 is 4.74 Å². The maximum absolute atomic E-state index is 5.71. The van der Waals surface area contributed by atoms with Crippen LogP contribution in [0.2, 0.25) is 0 Å². The number of nitrogens with one attached hydrogen (secondary N) is 1. The van der Waals surface area contributed by atoms with Gasteiger partial charge in [-0.05, 0) is 13.1 Å². The molecular weight excluding hydrogens is 188 g/mol. The summed E-state index contributed by atoms with van der Waals surface area (Å²) in [6.07, 6.45) is 0. The van der Waals surface area contributed by atoms with Gasteiger partial charge in [0.2, 0.25) is 0 Å². The fraction of sp³-hybridized carbons (Fsp3) is 0.333. The van der Waals surface area contributed by atoms with E-state index in [4.69, 9.17) is 10.5 Å². The molecule has 0 saturated heterocycles. The number of benzene rings is 1. The Morgan fingerprint density at radius 2 is 2.15 bits per heavy atom. The van der Waals surface area contributed by atoms with Crippen LogP contribution in [0.5, 0.6) is 5.75 Å². The fourth-order valence-corrected chi connectivity index (χ4v) is 1.18. The number of anilines is 1. The second-order valence-corrected chi connectivity index (χ2v) is 2.57. The second kappa shape index (κ2) is 5.67. The molecule has 0 radical (unpaired) electrons. The van der Waals surface area contributed by atoms with Gasteiger partial charge >= 0.3 is 0 Å². The van der Waals surface area contributed by atoms with Crippen molar-refractivity contribution in [2.45, 2.75) is 6.54 Å². The normalized spacial score (nSPS) is 9.08. The van der Waals surface area contributed by atoms with Gasteiger partial charge in [0.05, 0.1) is 12.8 Å². The molecule has 0 saturated carbocycles. The molecule has 0 atom stereocenters. The first kappa shape index (κ1) is 12.1. The van der Waals surface area contributed by atoms with Gasteiger partial charge in [-0.2, -0.15) is 0 Å². The molecule has 0 unspecified atom stereocenters. The zero-order valence-electron chi connectivity index (χ0n) is 7.83. The number of ether oxygens (including phenoxy) is 1. The highest BCUT2D eigenvalue weighted by molar-refractivity contribution is 5.85. The number of halogens is 1. The maximum Gasteiger partial charge on any atom is 0.146 e. The highest BCUT2D eigenvalue weighted by atomic mass is 35.5. The van der Waals surface area contributed by atoms with Crippen LogP contribution in [-0.4, -0.2) is 14.2 Å². The van der Waals surface area contributed by atoms with Crippen LogP contribution in [0.15, 0.2) is 18.2 Å². The van der Waals surface area contributed by atoms with Crippen LogP contribution in [0.3, 0.4) is 0 Å². The maximum atomic E-state index is 5.71. The minimum atomic E-state index is 0. The first-order valence-electron chi connectivity index (χ1n) is 3.85. The lowest BCUT2D eigenvalue weighted by molar-refractivity contribution is 0.411. The zero-order valence-corrected chi connectivity index (χ0v) is 8.65. The van der Waals surface area contributed by atoms with E-state index in [-0.39, 0.29) is 12.4 Å². The number of hydrogen-bond acceptors (Lipinski definition) is 3. The summed E-state index contributed by atoms with van der Waals surface area (Å²) in [6, 6.07) is 5.74. The first-order valence-corrected chi connectivity index (χ1v) is 3.85. The molecule has 13 heavy (non-hydrogen) atoms. The van der Waals surface area contributed by atoms with Gasteiger partial charge in [-0.3, -0.25) is 0 Å². The zero-order chi connectivity index (χ0) is 8.97. The van der Waals surface area contributed by atoms with E-state index in [9.17, 15) is 0 Å². The monoisotopic (exact) mass is 202 g/mol. The summed E-state index contributed by atoms with van der Waals surface area (Å²) in [7, 11) is 3.52. The molecule has 0 heterocycles. The van der Waals surface area contributed by atoms with Crippen LogP contribution in [0.1, 0.15) is 5.56 Å². The number of nitrogens with two attached hydrogens (primary N) is 1. The number of methoxy groups -OCH3 is 1. The second-order valence-electron chi connectivity index (χ2n) is 2.57. The Hall–Kier alpha value is -0.930. The molecule has 0 amide bonds. The largest absolute Gasteiger partial charge is 0.494 e. The third-order valence-electron chi connectivity index (χ3n) is 1.70. The summed E-state index contributed by atoms with van der Waals surface area (Å²) in [5.41, 5.74) is 7.48. The predicted octanol–water partition coefficient (Wildman–Crippen LogP) is 1.42. The molecule has 3 N–H and O–H groups in total. The van der Waals surface area contributed by atoms with Gasteiger partial charge in [-0.1, -0.05) is 12.1 Å². The Morgan fingerprint density at radius 1 is 1.46 bits per heavy atom. The van der Waals surface area contributed by atoms with Crippen LogP contribution in [-0.2, 0) is 6.54 Å². The Bertz CT molecular complexity index is 266. The lowest BCUT2D eigenvalue weighted by atomic mass is 10.1. The highest BCUT2D eigenvalue weighted by Crippen LogP contribution is 2.25. The fourth-order valence-electron chi connectivity index (χ4n) is 1.18. The molecule has 4 heteroatoms. The van der Waals surface area contributed by atoms with Crippen molar-refractivity contribution in [2.75, 3.05) is 19.9 Å². The molecule has 0 aromatic heterocycles. The van der Waals surface area contributed by atoms with E-state index in [1.807, 2.05) is 25.2 Å². The molecule has 3 nitrogen and oxygen atoms in total. The first-order chi connectivity index (χ1) is 5.79. The standard InChI is InChI=1S/C9H14N2O.ClH/c1-11-6-7-4-3-5-8(10)9(7)12-2;/h3-5,11H,6,10H2,1-2H3;1H. The lowest BCUT2D eigenvalue weighted by Gasteiger charge is -2.09. The number of para-hydroxylation sites is 1. The molecule has 1 rings (SSSR count). The summed E-state index contributed by atoms with van der Waals surface area (Å²) in [6.45, 7) is 0.772. The van der Waals surface area contributed by atoms with Crippen molar-refractivity contribution in [3.63, 3.8) is 0 Å². The molecule has 0 aliphatic carbocycles. The van der Waals surface area contributed by atoms with Gasteiger partial charge in [0, 0.05) is 12.1 Å². The average Bonchev–Trinajstić information content (AvgIpc) is 2.05. The highest BCUT2D eigenvalue weighted by Gasteiger charge is 2.03. The van der Waals surface area contributed by atoms with E-state index in [1.54, 1.807) is 7.11 Å². The van der Waals surface area contributed by atoms with E-state index in [0.717, 1.165) is 17.9 Å². The predicted molar refractivity (Wildman–Crippen MR) is 57.4 cm³/mol. The van der Waals surface area contributed by atoms with Crippen LogP contribution in [0.4, 0.5) is 5.69 Å². The Balaban J connectivity index is 0.00000144. The van der Waals surface area contributed by atoms with Gasteiger partial charge in [0.1, 0.15) is 5.75 Å². The van der Waals surface area contributed by atoms with Gasteiger partial charge in [0.15, 0.2) is 0 Å². The van der Waals surface area contributed by atoms with Gasteiger partial charge < -0.3 is 15.8 Å². The van der Waals surface area contributed by atoms with E-state index in [1.165, 1.54) is 0 Å². The Kier molecular flexibility index (Phi) is 5.26. The van der Waals surface area contributed by atoms with E-state index in [0.29, 0.717) is 5.69 Å². The molecule has 1 aromatic rings. The van der Waals surface area contributed by atoms with Crippen molar-refractivity contribution in [1.29, 1.82) is 0 Å². The van der Waals surface area contributed by atoms with Crippen molar-refractivity contribution in [1.82, 2.24) is 5.32 Å². The third kappa shape index (κ3) is 2.79. The topological polar surface area (TPSA) is 47.3 Å². The number of hydrogen-bond donors (Lipinski definition) is 2. The van der Waals surface area contributed by atoms with Crippen LogP contribution >= 0.6 is 12.4 Å². The number of nitrogen functional groups attached to an aromatic ring is 1. The molecule has 0 bridgehead atoms. The van der Waals surface area contributed by atoms with Gasteiger partial charge in [-0.25, -0.2) is 0 Å². The van der Waals surface area contributed by atoms with Crippen LogP contribution in [0, 0.1) is 0 Å². The van der Waals surface area contributed by atoms with Gasteiger partial charge in [0.25, 0.3) is 0 Å². The molecule has 0 fully saturated rings. The molecule has 74 valence electrons. The molecule has 1 aromatic carbocycles. The van der Waals surface area contributed by atoms with Crippen molar-refractivity contribution in [3.8, 4) is 5.75 Å². The lowest BCUT2D eigenvalue weighted by Crippen LogP contribution is -2.07. The summed E-state index contributed by atoms with van der Waals surface area (Å²) < 4.78 is 5.16. The summed E-state index contributed by atoms with van der Waals surface area (Å²) >= 11 is 0. The molecule has 0 aliphatic heterocycles. The van der Waals surface area contributed by atoms with E-state index in [2.05, 4.69) is 5.32 Å². The van der Waals surface area contributed by atoms with Crippen molar-refractivity contribution >= 4 is 18.1 Å². The van der Waals surface area contributed by atoms with E-state index >= 15 is 0 Å². The average molecular weight is 203 g/mol. The summed E-state index contributed by atoms with van der Waals surface area (Å²) in [5.74, 6) is 0.770. The smallest absolute Gasteiger partial charge is 0.146 e. The Morgan fingerprint density at radius 3 is 2.69 bits per heavy atom. The number of rotatable bonds is 3. The third-order valence-corrected chi connectivity index (χ3v) is 1.70. The minimum absolute atomic E-state index is 0. The quantitative estimate of drug-likeness (QED) is 0.729. The Labute approximate surface area is 84.7 Å². The molecule has 0 spiro atoms. The van der Waals surface area contributed by atoms with Crippen LogP contribution in [0.25, 0.3) is 0 Å². The van der Waals surface area contributed by atoms with Crippen molar-refractivity contribution in [3.05, 3.63) is 23.8 Å². The van der Waals surface area contributed by atoms with Crippen LogP contribution < -0.4 is 15.8 Å². The van der Waals surface area contributed by atoms with Crippen molar-refractivity contribution in [2.24, 2.45) is 0 Å². The summed E-state index contributed by atoms with van der Waals surface area (Å²) in [5, 5.41) is 3.05. The molecule has 0 aliphatic rings. The minimum Gasteiger partial charge on any atom is -0.494 e. The SMILES string of the molecule is CNCc1cccc(N)c1OC.Cl. The van der Waals surface area contributed by atoms with Gasteiger partial charge in [-0.15, -0.1) is 12.4 Å². The molecular formula is C9H15ClN2O. The summed E-state index contributed by atoms with van der Waals surface area (Å²) in [4.78, 5) is 0.